The molecule has 4 N–H and O–H groups in total. The quantitative estimate of drug-likeness (QED) is 0.144. The Morgan fingerprint density at radius 1 is 0.812 bits per heavy atom. The third-order valence-corrected chi connectivity index (χ3v) is 12.4. The van der Waals surface area contributed by atoms with Gasteiger partial charge in [-0.05, 0) is 80.8 Å². The van der Waals surface area contributed by atoms with Crippen molar-refractivity contribution in [2.45, 2.75) is 57.0 Å². The first-order valence-electron chi connectivity index (χ1n) is 21.8. The van der Waals surface area contributed by atoms with Crippen LogP contribution in [-0.4, -0.2) is 133 Å². The number of fused-ring (bicyclic) bond motifs is 2. The predicted molar refractivity (Wildman–Crippen MR) is 235 cm³/mol. The molecule has 2 aromatic heterocycles. The molecule has 0 spiro atoms. The fourth-order valence-corrected chi connectivity index (χ4v) is 9.10. The molecule has 3 saturated heterocycles. The summed E-state index contributed by atoms with van der Waals surface area (Å²) in [5, 5.41) is 11.1. The van der Waals surface area contributed by atoms with Crippen LogP contribution >= 0.6 is 0 Å². The van der Waals surface area contributed by atoms with Gasteiger partial charge in [-0.1, -0.05) is 24.3 Å². The number of piperidine rings is 2. The summed E-state index contributed by atoms with van der Waals surface area (Å²) in [5.41, 5.74) is 9.33. The van der Waals surface area contributed by atoms with Crippen LogP contribution in [0.4, 0.5) is 11.5 Å². The maximum absolute atomic E-state index is 13.6. The Kier molecular flexibility index (Phi) is 12.0. The topological polar surface area (TPSA) is 218 Å². The first kappa shape index (κ1) is 42.1. The van der Waals surface area contributed by atoms with Crippen LogP contribution in [0.25, 0.3) is 22.3 Å². The summed E-state index contributed by atoms with van der Waals surface area (Å²) in [5.74, 6) is -0.432. The van der Waals surface area contributed by atoms with Crippen molar-refractivity contribution in [2.24, 2.45) is 0 Å². The zero-order valence-electron chi connectivity index (χ0n) is 35.3. The van der Waals surface area contributed by atoms with Gasteiger partial charge in [-0.2, -0.15) is 5.10 Å². The van der Waals surface area contributed by atoms with Crippen LogP contribution in [0.15, 0.2) is 79.1 Å². The minimum absolute atomic E-state index is 0.0281. The lowest BCUT2D eigenvalue weighted by Crippen LogP contribution is -2.54. The van der Waals surface area contributed by atoms with E-state index in [1.807, 2.05) is 69.1 Å². The highest BCUT2D eigenvalue weighted by Gasteiger charge is 2.45. The summed E-state index contributed by atoms with van der Waals surface area (Å²) < 4.78 is 7.89. The maximum atomic E-state index is 13.6. The summed E-state index contributed by atoms with van der Waals surface area (Å²) in [6.07, 6.45) is 4.53. The number of nitrogens with one attached hydrogen (secondary N) is 2. The van der Waals surface area contributed by atoms with Crippen LogP contribution in [0.1, 0.15) is 71.7 Å². The fraction of sp³-hybridized carbons (Fsp3) is 0.370. The number of carbonyl (C=O) groups is 6. The standard InChI is InChI=1S/C46H49N11O7/c47-42-40-41(29-13-15-32(16-14-29)64-31-8-2-1-3-9-31)52-57(43(40)50-28-49-42)30-7-5-22-55(27-30)37(59)12-6-21-53-23-25-54(26-24-53)38(60)19-20-48-34-11-4-10-33-39(34)46(63)56(45(33)62)35-17-18-36(58)51-44(35)61/h1-4,8-11,13-16,28,30,35,48H,5-7,12,17-27H2,(H2,47,49,50)(H,51,58,61)/t30-,35?/m1/s1. The van der Waals surface area contributed by atoms with Crippen molar-refractivity contribution < 1.29 is 33.5 Å². The van der Waals surface area contributed by atoms with E-state index in [0.717, 1.165) is 35.6 Å². The van der Waals surface area contributed by atoms with Crippen LogP contribution in [0.2, 0.25) is 0 Å². The summed E-state index contributed by atoms with van der Waals surface area (Å²) in [4.78, 5) is 93.3. The van der Waals surface area contributed by atoms with Crippen molar-refractivity contribution in [1.29, 1.82) is 0 Å². The largest absolute Gasteiger partial charge is 0.457 e. The number of hydrogen-bond donors (Lipinski definition) is 3. The Morgan fingerprint density at radius 3 is 2.36 bits per heavy atom. The molecule has 6 amide bonds. The first-order chi connectivity index (χ1) is 31.1. The number of piperazine rings is 1. The highest BCUT2D eigenvalue weighted by Crippen LogP contribution is 2.36. The summed E-state index contributed by atoms with van der Waals surface area (Å²) >= 11 is 0. The van der Waals surface area contributed by atoms with Crippen LogP contribution in [-0.2, 0) is 19.2 Å². The first-order valence-corrected chi connectivity index (χ1v) is 21.8. The van der Waals surface area contributed by atoms with E-state index in [4.69, 9.17) is 15.6 Å². The van der Waals surface area contributed by atoms with Crippen LogP contribution < -0.4 is 21.1 Å². The lowest BCUT2D eigenvalue weighted by Gasteiger charge is -2.35. The van der Waals surface area contributed by atoms with Crippen molar-refractivity contribution in [3.63, 3.8) is 0 Å². The molecule has 5 aromatic rings. The van der Waals surface area contributed by atoms with Gasteiger partial charge in [-0.15, -0.1) is 0 Å². The number of para-hydroxylation sites is 1. The number of carbonyl (C=O) groups excluding carboxylic acids is 6. The molecule has 3 fully saturated rings. The molecule has 2 atom stereocenters. The molecule has 330 valence electrons. The Hall–Kier alpha value is -7.21. The molecule has 6 heterocycles. The highest BCUT2D eigenvalue weighted by molar-refractivity contribution is 6.25. The van der Waals surface area contributed by atoms with Gasteiger partial charge >= 0.3 is 0 Å². The van der Waals surface area contributed by atoms with E-state index in [1.165, 1.54) is 12.4 Å². The third-order valence-electron chi connectivity index (χ3n) is 12.4. The Labute approximate surface area is 368 Å². The number of rotatable bonds is 13. The lowest BCUT2D eigenvalue weighted by atomic mass is 10.0. The molecule has 3 aromatic carbocycles. The maximum Gasteiger partial charge on any atom is 0.264 e. The summed E-state index contributed by atoms with van der Waals surface area (Å²) in [6.45, 7) is 4.70. The van der Waals surface area contributed by atoms with Crippen molar-refractivity contribution in [2.75, 3.05) is 63.4 Å². The molecule has 0 saturated carbocycles. The number of anilines is 2. The van der Waals surface area contributed by atoms with E-state index >= 15 is 0 Å². The number of likely N-dealkylation sites (tertiary alicyclic amines) is 1. The Morgan fingerprint density at radius 2 is 1.58 bits per heavy atom. The summed E-state index contributed by atoms with van der Waals surface area (Å²) in [6, 6.07) is 21.0. The zero-order chi connectivity index (χ0) is 44.3. The number of imide groups is 2. The predicted octanol–water partition coefficient (Wildman–Crippen LogP) is 3.86. The van der Waals surface area contributed by atoms with Gasteiger partial charge in [0.15, 0.2) is 5.65 Å². The van der Waals surface area contributed by atoms with Gasteiger partial charge in [-0.25, -0.2) is 14.6 Å². The van der Waals surface area contributed by atoms with Crippen molar-refractivity contribution in [3.05, 3.63) is 90.3 Å². The van der Waals surface area contributed by atoms with Crippen LogP contribution in [0.3, 0.4) is 0 Å². The second-order valence-electron chi connectivity index (χ2n) is 16.5. The molecule has 4 aliphatic heterocycles. The molecule has 0 radical (unpaired) electrons. The zero-order valence-corrected chi connectivity index (χ0v) is 35.3. The van der Waals surface area contributed by atoms with Crippen molar-refractivity contribution in [3.8, 4) is 22.8 Å². The smallest absolute Gasteiger partial charge is 0.264 e. The van der Waals surface area contributed by atoms with E-state index < -0.39 is 29.7 Å². The van der Waals surface area contributed by atoms with Gasteiger partial charge in [0.05, 0.1) is 22.6 Å². The van der Waals surface area contributed by atoms with Gasteiger partial charge in [-0.3, -0.25) is 43.9 Å². The minimum atomic E-state index is -1.05. The second kappa shape index (κ2) is 18.3. The van der Waals surface area contributed by atoms with Gasteiger partial charge in [0.2, 0.25) is 23.6 Å². The molecule has 18 heteroatoms. The molecule has 9 rings (SSSR count). The SMILES string of the molecule is Nc1ncnc2c1c(-c1ccc(Oc3ccccc3)cc1)nn2[C@@H]1CCCN(C(=O)CCCN2CCN(C(=O)CCNc3cccc4c3C(=O)N(C3CCC(=O)NC3=O)C4=O)CC2)C1. The minimum Gasteiger partial charge on any atom is -0.457 e. The molecule has 4 aliphatic rings. The Balaban J connectivity index is 0.733. The average Bonchev–Trinajstić information content (AvgIpc) is 3.83. The monoisotopic (exact) mass is 867 g/mol. The number of nitrogen functional groups attached to an aromatic ring is 1. The molecular weight excluding hydrogens is 819 g/mol. The van der Waals surface area contributed by atoms with E-state index in [9.17, 15) is 28.8 Å². The number of amides is 6. The molecule has 64 heavy (non-hydrogen) atoms. The molecule has 1 unspecified atom stereocenters. The number of benzene rings is 3. The molecule has 0 aliphatic carbocycles. The third kappa shape index (κ3) is 8.60. The van der Waals surface area contributed by atoms with E-state index in [0.29, 0.717) is 86.1 Å². The van der Waals surface area contributed by atoms with Gasteiger partial charge in [0.1, 0.15) is 35.4 Å². The van der Waals surface area contributed by atoms with Gasteiger partial charge < -0.3 is 25.6 Å². The number of ether oxygens (including phenoxy) is 1. The van der Waals surface area contributed by atoms with Crippen molar-refractivity contribution >= 4 is 58.0 Å². The van der Waals surface area contributed by atoms with E-state index in [-0.39, 0.29) is 54.8 Å². The molecule has 18 nitrogen and oxygen atoms in total. The molecule has 0 bridgehead atoms. The number of nitrogens with zero attached hydrogens (tertiary/aromatic N) is 8. The lowest BCUT2D eigenvalue weighted by molar-refractivity contribution is -0.136. The summed E-state index contributed by atoms with van der Waals surface area (Å²) in [7, 11) is 0. The van der Waals surface area contributed by atoms with Crippen LogP contribution in [0.5, 0.6) is 11.5 Å². The van der Waals surface area contributed by atoms with E-state index in [2.05, 4.69) is 25.5 Å². The van der Waals surface area contributed by atoms with Crippen molar-refractivity contribution in [1.82, 2.24) is 44.7 Å². The van der Waals surface area contributed by atoms with E-state index in [1.54, 1.807) is 12.1 Å². The highest BCUT2D eigenvalue weighted by atomic mass is 16.5. The average molecular weight is 868 g/mol. The number of nitrogens with two attached hydrogens (primary N) is 1. The number of hydrogen-bond acceptors (Lipinski definition) is 13. The Bertz CT molecular complexity index is 2610. The fourth-order valence-electron chi connectivity index (χ4n) is 9.10. The number of aromatic nitrogens is 4. The van der Waals surface area contributed by atoms with Gasteiger partial charge in [0, 0.05) is 76.3 Å². The normalized spacial score (nSPS) is 19.2. The van der Waals surface area contributed by atoms with Gasteiger partial charge in [0.25, 0.3) is 11.8 Å². The second-order valence-corrected chi connectivity index (χ2v) is 16.5. The molecular formula is C46H49N11O7. The van der Waals surface area contributed by atoms with Crippen LogP contribution in [0, 0.1) is 0 Å².